The summed E-state index contributed by atoms with van der Waals surface area (Å²) in [4.78, 5) is 38.3. The van der Waals surface area contributed by atoms with Gasteiger partial charge in [-0.05, 0) is 44.9 Å². The average Bonchev–Trinajstić information content (AvgIpc) is 3.41. The molecule has 1 unspecified atom stereocenters. The summed E-state index contributed by atoms with van der Waals surface area (Å²) in [5.41, 5.74) is 0. The molecule has 6 nitrogen and oxygen atoms in total. The van der Waals surface area contributed by atoms with Crippen LogP contribution in [0.2, 0.25) is 0 Å². The van der Waals surface area contributed by atoms with Gasteiger partial charge in [0.1, 0.15) is 13.2 Å². The number of carbonyl (C=O) groups excluding carboxylic acids is 3. The van der Waals surface area contributed by atoms with Crippen molar-refractivity contribution in [3.63, 3.8) is 0 Å². The molecule has 0 bridgehead atoms. The van der Waals surface area contributed by atoms with Crippen molar-refractivity contribution < 1.29 is 28.6 Å². The standard InChI is InChI=1S/C69H132O6/c1-4-7-10-13-16-19-22-25-27-29-31-33-34-35-36-37-39-40-42-44-47-50-53-56-59-62-68(71)74-65-66(64-73-67(70)61-58-55-52-49-46-24-21-18-15-12-9-6-3)75-69(72)63-60-57-54-51-48-45-43-41-38-32-30-28-26-23-20-17-14-11-8-5-2/h29,31,66H,4-28,30,32-65H2,1-3H3/b31-29-. The second-order valence-electron chi connectivity index (χ2n) is 23.5. The first kappa shape index (κ1) is 73.2. The smallest absolute Gasteiger partial charge is 0.306 e. The summed E-state index contributed by atoms with van der Waals surface area (Å²) in [6.45, 7) is 6.72. The molecular formula is C69H132O6. The molecule has 0 saturated heterocycles. The van der Waals surface area contributed by atoms with Crippen LogP contribution in [-0.4, -0.2) is 37.2 Å². The van der Waals surface area contributed by atoms with E-state index in [1.165, 1.54) is 295 Å². The number of unbranched alkanes of at least 4 members (excludes halogenated alkanes) is 51. The Bertz CT molecular complexity index is 1170. The number of allylic oxidation sites excluding steroid dienone is 2. The quantitative estimate of drug-likeness (QED) is 0.0261. The lowest BCUT2D eigenvalue weighted by molar-refractivity contribution is -0.167. The Morgan fingerprint density at radius 2 is 0.440 bits per heavy atom. The third-order valence-electron chi connectivity index (χ3n) is 15.8. The maximum absolute atomic E-state index is 12.9. The highest BCUT2D eigenvalue weighted by Gasteiger charge is 2.19. The van der Waals surface area contributed by atoms with Gasteiger partial charge in [-0.1, -0.05) is 341 Å². The third kappa shape index (κ3) is 62.9. The minimum absolute atomic E-state index is 0.0628. The molecule has 1 atom stereocenters. The summed E-state index contributed by atoms with van der Waals surface area (Å²) < 4.78 is 17.0. The summed E-state index contributed by atoms with van der Waals surface area (Å²) in [7, 11) is 0. The van der Waals surface area contributed by atoms with Gasteiger partial charge >= 0.3 is 17.9 Å². The molecule has 0 N–H and O–H groups in total. The van der Waals surface area contributed by atoms with Crippen LogP contribution in [0.15, 0.2) is 12.2 Å². The first-order chi connectivity index (χ1) is 37.0. The number of hydrogen-bond donors (Lipinski definition) is 0. The van der Waals surface area contributed by atoms with E-state index in [9.17, 15) is 14.4 Å². The highest BCUT2D eigenvalue weighted by molar-refractivity contribution is 5.71. The molecule has 0 aliphatic heterocycles. The number of rotatable bonds is 64. The zero-order chi connectivity index (χ0) is 54.3. The van der Waals surface area contributed by atoms with Crippen molar-refractivity contribution in [2.24, 2.45) is 0 Å². The molecule has 0 rings (SSSR count). The van der Waals surface area contributed by atoms with Crippen LogP contribution in [0.1, 0.15) is 393 Å². The largest absolute Gasteiger partial charge is 0.462 e. The zero-order valence-electron chi connectivity index (χ0n) is 51.1. The topological polar surface area (TPSA) is 78.9 Å². The van der Waals surface area contributed by atoms with Crippen molar-refractivity contribution in [3.05, 3.63) is 12.2 Å². The van der Waals surface area contributed by atoms with Crippen LogP contribution in [0, 0.1) is 0 Å². The van der Waals surface area contributed by atoms with Crippen LogP contribution in [0.4, 0.5) is 0 Å². The molecule has 0 spiro atoms. The highest BCUT2D eigenvalue weighted by atomic mass is 16.6. The molecule has 0 fully saturated rings. The minimum Gasteiger partial charge on any atom is -0.462 e. The summed E-state index contributed by atoms with van der Waals surface area (Å²) in [5.74, 6) is -0.830. The van der Waals surface area contributed by atoms with Gasteiger partial charge < -0.3 is 14.2 Å². The molecule has 75 heavy (non-hydrogen) atoms. The average molecular weight is 1060 g/mol. The van der Waals surface area contributed by atoms with Crippen molar-refractivity contribution in [1.29, 1.82) is 0 Å². The lowest BCUT2D eigenvalue weighted by atomic mass is 10.0. The van der Waals surface area contributed by atoms with Gasteiger partial charge in [0.25, 0.3) is 0 Å². The molecular weight excluding hydrogens is 925 g/mol. The van der Waals surface area contributed by atoms with Crippen LogP contribution in [0.5, 0.6) is 0 Å². The van der Waals surface area contributed by atoms with Gasteiger partial charge in [0.05, 0.1) is 0 Å². The van der Waals surface area contributed by atoms with E-state index in [0.29, 0.717) is 19.3 Å². The van der Waals surface area contributed by atoms with E-state index in [-0.39, 0.29) is 31.1 Å². The number of ether oxygens (including phenoxy) is 3. The number of esters is 3. The van der Waals surface area contributed by atoms with Gasteiger partial charge in [-0.3, -0.25) is 14.4 Å². The molecule has 0 aromatic rings. The fraction of sp³-hybridized carbons (Fsp3) is 0.928. The summed E-state index contributed by atoms with van der Waals surface area (Å²) in [5, 5.41) is 0. The molecule has 0 aromatic carbocycles. The second kappa shape index (κ2) is 64.7. The Morgan fingerprint density at radius 1 is 0.253 bits per heavy atom. The van der Waals surface area contributed by atoms with Crippen LogP contribution < -0.4 is 0 Å². The van der Waals surface area contributed by atoms with Gasteiger partial charge in [-0.2, -0.15) is 0 Å². The minimum atomic E-state index is -0.765. The summed E-state index contributed by atoms with van der Waals surface area (Å²) in [6, 6.07) is 0. The molecule has 0 aliphatic carbocycles. The Labute approximate surface area is 469 Å². The van der Waals surface area contributed by atoms with Crippen molar-refractivity contribution >= 4 is 17.9 Å². The molecule has 0 heterocycles. The fourth-order valence-corrected chi connectivity index (χ4v) is 10.6. The van der Waals surface area contributed by atoms with E-state index < -0.39 is 6.10 Å². The fourth-order valence-electron chi connectivity index (χ4n) is 10.6. The van der Waals surface area contributed by atoms with Crippen molar-refractivity contribution in [2.75, 3.05) is 13.2 Å². The normalized spacial score (nSPS) is 12.0. The maximum Gasteiger partial charge on any atom is 0.306 e. The van der Waals surface area contributed by atoms with E-state index in [1.54, 1.807) is 0 Å². The van der Waals surface area contributed by atoms with Gasteiger partial charge in [-0.15, -0.1) is 0 Å². The van der Waals surface area contributed by atoms with Crippen molar-refractivity contribution in [3.8, 4) is 0 Å². The Morgan fingerprint density at radius 3 is 0.667 bits per heavy atom. The van der Waals surface area contributed by atoms with E-state index in [2.05, 4.69) is 32.9 Å². The molecule has 0 aromatic heterocycles. The molecule has 444 valence electrons. The van der Waals surface area contributed by atoms with Gasteiger partial charge in [0.15, 0.2) is 6.10 Å². The first-order valence-corrected chi connectivity index (χ1v) is 34.2. The van der Waals surface area contributed by atoms with Gasteiger partial charge in [-0.25, -0.2) is 0 Å². The van der Waals surface area contributed by atoms with Gasteiger partial charge in [0.2, 0.25) is 0 Å². The van der Waals surface area contributed by atoms with Crippen molar-refractivity contribution in [2.45, 2.75) is 399 Å². The maximum atomic E-state index is 12.9. The molecule has 0 radical (unpaired) electrons. The number of hydrogen-bond acceptors (Lipinski definition) is 6. The highest BCUT2D eigenvalue weighted by Crippen LogP contribution is 2.19. The zero-order valence-corrected chi connectivity index (χ0v) is 51.1. The first-order valence-electron chi connectivity index (χ1n) is 34.2. The van der Waals surface area contributed by atoms with Crippen LogP contribution in [-0.2, 0) is 28.6 Å². The predicted octanol–water partition coefficient (Wildman–Crippen LogP) is 23.2. The van der Waals surface area contributed by atoms with Gasteiger partial charge in [0, 0.05) is 19.3 Å². The van der Waals surface area contributed by atoms with Crippen LogP contribution in [0.25, 0.3) is 0 Å². The lowest BCUT2D eigenvalue weighted by Gasteiger charge is -2.18. The summed E-state index contributed by atoms with van der Waals surface area (Å²) in [6.07, 6.45) is 76.6. The predicted molar refractivity (Wildman–Crippen MR) is 326 cm³/mol. The molecule has 6 heteroatoms. The van der Waals surface area contributed by atoms with E-state index >= 15 is 0 Å². The molecule has 0 amide bonds. The Balaban J connectivity index is 4.19. The number of carbonyl (C=O) groups is 3. The SMILES string of the molecule is CCCCCCCCCC/C=C\CCCCCCCCCCCCCCCC(=O)OCC(COC(=O)CCCCCCCCCCCCCC)OC(=O)CCCCCCCCCCCCCCCCCCCCCC. The lowest BCUT2D eigenvalue weighted by Crippen LogP contribution is -2.30. The van der Waals surface area contributed by atoms with E-state index in [1.807, 2.05) is 0 Å². The van der Waals surface area contributed by atoms with Crippen LogP contribution >= 0.6 is 0 Å². The van der Waals surface area contributed by atoms with Crippen molar-refractivity contribution in [1.82, 2.24) is 0 Å². The Kier molecular flexibility index (Phi) is 63.1. The van der Waals surface area contributed by atoms with Crippen LogP contribution in [0.3, 0.4) is 0 Å². The van der Waals surface area contributed by atoms with E-state index in [0.717, 1.165) is 57.8 Å². The van der Waals surface area contributed by atoms with E-state index in [4.69, 9.17) is 14.2 Å². The monoisotopic (exact) mass is 1060 g/mol. The third-order valence-corrected chi connectivity index (χ3v) is 15.8. The summed E-state index contributed by atoms with van der Waals surface area (Å²) >= 11 is 0. The second-order valence-corrected chi connectivity index (χ2v) is 23.5. The molecule has 0 saturated carbocycles. The molecule has 0 aliphatic rings. The Hall–Kier alpha value is -1.85.